The summed E-state index contributed by atoms with van der Waals surface area (Å²) in [6.07, 6.45) is 5.85. The van der Waals surface area contributed by atoms with E-state index in [1.54, 1.807) is 30.7 Å². The highest BCUT2D eigenvalue weighted by molar-refractivity contribution is 5.94. The summed E-state index contributed by atoms with van der Waals surface area (Å²) in [5, 5.41) is 14.8. The minimum Gasteiger partial charge on any atom is -0.386 e. The van der Waals surface area contributed by atoms with Gasteiger partial charge in [-0.25, -0.2) is 0 Å². The SMILES string of the molecule is NCc1ccc(C(=O)NC[C@]2(O)CCN(c3ccnc4ccncc34)C2)cc1. The van der Waals surface area contributed by atoms with Crippen molar-refractivity contribution in [2.75, 3.05) is 24.5 Å². The van der Waals surface area contributed by atoms with E-state index in [-0.39, 0.29) is 12.5 Å². The van der Waals surface area contributed by atoms with Crippen molar-refractivity contribution in [2.24, 2.45) is 5.73 Å². The Balaban J connectivity index is 1.43. The number of nitrogens with one attached hydrogen (secondary N) is 1. The first kappa shape index (κ1) is 18.3. The third-order valence-electron chi connectivity index (χ3n) is 5.22. The first-order valence-corrected chi connectivity index (χ1v) is 9.31. The van der Waals surface area contributed by atoms with Crippen LogP contribution < -0.4 is 16.0 Å². The largest absolute Gasteiger partial charge is 0.386 e. The van der Waals surface area contributed by atoms with Crippen molar-refractivity contribution in [1.82, 2.24) is 15.3 Å². The fourth-order valence-corrected chi connectivity index (χ4v) is 3.60. The summed E-state index contributed by atoms with van der Waals surface area (Å²) in [5.74, 6) is -0.200. The number of aromatic nitrogens is 2. The standard InChI is InChI=1S/C21H23N5O2/c22-11-15-1-3-16(4-2-15)20(27)25-13-21(28)7-10-26(14-21)19-6-9-24-18-5-8-23-12-17(18)19/h1-6,8-9,12,28H,7,10-11,13-14,22H2,(H,25,27)/t21-/m1/s1. The Morgan fingerprint density at radius 3 is 2.82 bits per heavy atom. The molecule has 4 N–H and O–H groups in total. The number of carbonyl (C=O) groups excluding carboxylic acids is 1. The molecule has 0 spiro atoms. The number of aliphatic hydroxyl groups is 1. The van der Waals surface area contributed by atoms with Gasteiger partial charge < -0.3 is 21.1 Å². The van der Waals surface area contributed by atoms with E-state index in [2.05, 4.69) is 20.2 Å². The maximum Gasteiger partial charge on any atom is 0.251 e. The molecular formula is C21H23N5O2. The molecule has 7 heteroatoms. The van der Waals surface area contributed by atoms with Crippen LogP contribution in [0.2, 0.25) is 0 Å². The molecule has 0 saturated carbocycles. The molecule has 0 bridgehead atoms. The van der Waals surface area contributed by atoms with E-state index in [0.29, 0.717) is 31.6 Å². The number of carbonyl (C=O) groups is 1. The van der Waals surface area contributed by atoms with Crippen LogP contribution in [-0.4, -0.2) is 46.2 Å². The average Bonchev–Trinajstić information content (AvgIpc) is 3.14. The summed E-state index contributed by atoms with van der Waals surface area (Å²) in [6, 6.07) is 11.0. The van der Waals surface area contributed by atoms with Gasteiger partial charge in [-0.2, -0.15) is 0 Å². The number of nitrogens with zero attached hydrogens (tertiary/aromatic N) is 3. The number of anilines is 1. The van der Waals surface area contributed by atoms with Gasteiger partial charge in [0.15, 0.2) is 0 Å². The average molecular weight is 377 g/mol. The van der Waals surface area contributed by atoms with Gasteiger partial charge >= 0.3 is 0 Å². The van der Waals surface area contributed by atoms with E-state index in [4.69, 9.17) is 5.73 Å². The van der Waals surface area contributed by atoms with E-state index < -0.39 is 5.60 Å². The Hall–Kier alpha value is -3.03. The van der Waals surface area contributed by atoms with Crippen molar-refractivity contribution >= 4 is 22.5 Å². The highest BCUT2D eigenvalue weighted by Gasteiger charge is 2.37. The first-order chi connectivity index (χ1) is 13.6. The number of amides is 1. The van der Waals surface area contributed by atoms with Crippen molar-refractivity contribution in [3.05, 3.63) is 66.1 Å². The van der Waals surface area contributed by atoms with Crippen LogP contribution in [0.4, 0.5) is 5.69 Å². The van der Waals surface area contributed by atoms with E-state index in [1.807, 2.05) is 24.3 Å². The minimum absolute atomic E-state index is 0.197. The van der Waals surface area contributed by atoms with Crippen LogP contribution >= 0.6 is 0 Å². The summed E-state index contributed by atoms with van der Waals surface area (Å²) in [4.78, 5) is 23.1. The van der Waals surface area contributed by atoms with Crippen LogP contribution in [0.1, 0.15) is 22.3 Å². The zero-order valence-corrected chi connectivity index (χ0v) is 15.5. The molecule has 2 aromatic heterocycles. The van der Waals surface area contributed by atoms with Gasteiger partial charge in [0.25, 0.3) is 5.91 Å². The minimum atomic E-state index is -0.981. The summed E-state index contributed by atoms with van der Waals surface area (Å²) >= 11 is 0. The fraction of sp³-hybridized carbons (Fsp3) is 0.286. The molecule has 0 aliphatic carbocycles. The molecule has 1 aliphatic heterocycles. The fourth-order valence-electron chi connectivity index (χ4n) is 3.60. The van der Waals surface area contributed by atoms with E-state index in [1.165, 1.54) is 0 Å². The van der Waals surface area contributed by atoms with Gasteiger partial charge in [-0.3, -0.25) is 14.8 Å². The molecule has 3 aromatic rings. The molecule has 1 saturated heterocycles. The van der Waals surface area contributed by atoms with Crippen LogP contribution in [0, 0.1) is 0 Å². The van der Waals surface area contributed by atoms with Crippen molar-refractivity contribution in [3.8, 4) is 0 Å². The van der Waals surface area contributed by atoms with Crippen LogP contribution in [0.25, 0.3) is 10.9 Å². The topological polar surface area (TPSA) is 104 Å². The molecular weight excluding hydrogens is 354 g/mol. The lowest BCUT2D eigenvalue weighted by molar-refractivity contribution is 0.0576. The van der Waals surface area contributed by atoms with Gasteiger partial charge in [-0.05, 0) is 36.2 Å². The monoisotopic (exact) mass is 377 g/mol. The van der Waals surface area contributed by atoms with E-state index in [0.717, 1.165) is 22.2 Å². The molecule has 3 heterocycles. The van der Waals surface area contributed by atoms with E-state index in [9.17, 15) is 9.90 Å². The smallest absolute Gasteiger partial charge is 0.251 e. The Morgan fingerprint density at radius 2 is 2.04 bits per heavy atom. The van der Waals surface area contributed by atoms with Crippen molar-refractivity contribution in [1.29, 1.82) is 0 Å². The van der Waals surface area contributed by atoms with Crippen molar-refractivity contribution in [2.45, 2.75) is 18.6 Å². The molecule has 7 nitrogen and oxygen atoms in total. The lowest BCUT2D eigenvalue weighted by atomic mass is 10.0. The zero-order valence-electron chi connectivity index (χ0n) is 15.5. The van der Waals surface area contributed by atoms with E-state index >= 15 is 0 Å². The molecule has 1 atom stereocenters. The maximum atomic E-state index is 12.4. The van der Waals surface area contributed by atoms with Gasteiger partial charge in [0.2, 0.25) is 0 Å². The van der Waals surface area contributed by atoms with Gasteiger partial charge in [-0.1, -0.05) is 12.1 Å². The summed E-state index contributed by atoms with van der Waals surface area (Å²) < 4.78 is 0. The number of hydrogen-bond donors (Lipinski definition) is 3. The second-order valence-electron chi connectivity index (χ2n) is 7.20. The summed E-state index contributed by atoms with van der Waals surface area (Å²) in [5.41, 5.74) is 8.00. The lowest BCUT2D eigenvalue weighted by Crippen LogP contribution is -2.45. The quantitative estimate of drug-likeness (QED) is 0.622. The Morgan fingerprint density at radius 1 is 1.21 bits per heavy atom. The van der Waals surface area contributed by atoms with Gasteiger partial charge in [-0.15, -0.1) is 0 Å². The predicted octanol–water partition coefficient (Wildman–Crippen LogP) is 1.46. The number of rotatable bonds is 5. The van der Waals surface area contributed by atoms with Crippen LogP contribution in [-0.2, 0) is 6.54 Å². The number of hydrogen-bond acceptors (Lipinski definition) is 6. The maximum absolute atomic E-state index is 12.4. The number of nitrogens with two attached hydrogens (primary N) is 1. The number of fused-ring (bicyclic) bond motifs is 1. The molecule has 28 heavy (non-hydrogen) atoms. The van der Waals surface area contributed by atoms with Gasteiger partial charge in [0.05, 0.1) is 5.52 Å². The van der Waals surface area contributed by atoms with Gasteiger partial charge in [0.1, 0.15) is 5.60 Å². The highest BCUT2D eigenvalue weighted by atomic mass is 16.3. The summed E-state index contributed by atoms with van der Waals surface area (Å²) in [6.45, 7) is 1.78. The lowest BCUT2D eigenvalue weighted by Gasteiger charge is -2.25. The molecule has 144 valence electrons. The van der Waals surface area contributed by atoms with Crippen LogP contribution in [0.15, 0.2) is 55.0 Å². The number of β-amino-alcohol motifs (C(OH)–C–C–N with tert-alkyl or cyclic N) is 1. The zero-order chi connectivity index (χ0) is 19.6. The Bertz CT molecular complexity index is 986. The number of pyridine rings is 2. The normalized spacial score (nSPS) is 19.1. The predicted molar refractivity (Wildman–Crippen MR) is 108 cm³/mol. The Kier molecular flexibility index (Phi) is 4.93. The van der Waals surface area contributed by atoms with Crippen LogP contribution in [0.5, 0.6) is 0 Å². The second-order valence-corrected chi connectivity index (χ2v) is 7.20. The first-order valence-electron chi connectivity index (χ1n) is 9.31. The second kappa shape index (κ2) is 7.53. The third kappa shape index (κ3) is 3.67. The molecule has 4 rings (SSSR count). The molecule has 1 aliphatic rings. The third-order valence-corrected chi connectivity index (χ3v) is 5.22. The Labute approximate surface area is 163 Å². The van der Waals surface area contributed by atoms with Crippen LogP contribution in [0.3, 0.4) is 0 Å². The molecule has 1 aromatic carbocycles. The van der Waals surface area contributed by atoms with Crippen molar-refractivity contribution < 1.29 is 9.90 Å². The van der Waals surface area contributed by atoms with Crippen molar-refractivity contribution in [3.63, 3.8) is 0 Å². The number of benzene rings is 1. The molecule has 0 unspecified atom stereocenters. The highest BCUT2D eigenvalue weighted by Crippen LogP contribution is 2.31. The summed E-state index contributed by atoms with van der Waals surface area (Å²) in [7, 11) is 0. The molecule has 1 amide bonds. The molecule has 0 radical (unpaired) electrons. The van der Waals surface area contributed by atoms with Gasteiger partial charge in [0, 0.05) is 61.4 Å². The molecule has 1 fully saturated rings.